The molecule has 0 bridgehead atoms. The Morgan fingerprint density at radius 2 is 2.17 bits per heavy atom. The summed E-state index contributed by atoms with van der Waals surface area (Å²) in [6, 6.07) is 4.40. The summed E-state index contributed by atoms with van der Waals surface area (Å²) in [7, 11) is -2.31. The molecule has 0 aliphatic heterocycles. The molecule has 6 nitrogen and oxygen atoms in total. The van der Waals surface area contributed by atoms with E-state index >= 15 is 0 Å². The number of nitrogens with two attached hydrogens (primary N) is 1. The van der Waals surface area contributed by atoms with Crippen molar-refractivity contribution >= 4 is 15.7 Å². The number of rotatable bonds is 6. The van der Waals surface area contributed by atoms with Gasteiger partial charge in [0.05, 0.1) is 7.11 Å². The summed E-state index contributed by atoms with van der Waals surface area (Å²) in [6.45, 7) is 1.80. The van der Waals surface area contributed by atoms with Crippen LogP contribution in [0.1, 0.15) is 6.92 Å². The Morgan fingerprint density at radius 1 is 1.50 bits per heavy atom. The minimum Gasteiger partial charge on any atom is -0.495 e. The fourth-order valence-corrected chi connectivity index (χ4v) is 2.66. The van der Waals surface area contributed by atoms with E-state index in [1.54, 1.807) is 13.0 Å². The first-order valence-electron chi connectivity index (χ1n) is 5.44. The summed E-state index contributed by atoms with van der Waals surface area (Å²) in [6.07, 6.45) is 0. The molecule has 0 saturated carbocycles. The lowest BCUT2D eigenvalue weighted by Gasteiger charge is -2.13. The first-order valence-corrected chi connectivity index (χ1v) is 6.93. The summed E-state index contributed by atoms with van der Waals surface area (Å²) in [4.78, 5) is -0.00450. The van der Waals surface area contributed by atoms with Gasteiger partial charge in [0.25, 0.3) is 0 Å². The van der Waals surface area contributed by atoms with E-state index in [1.165, 1.54) is 19.2 Å². The standard InChI is InChI=1S/C11H18N2O4S/c1-8(7-14)6-13-18(15,16)11-5-9(12)3-4-10(11)17-2/h3-5,8,13-14H,6-7,12H2,1-2H3. The van der Waals surface area contributed by atoms with Crippen LogP contribution in [0, 0.1) is 5.92 Å². The van der Waals surface area contributed by atoms with E-state index in [-0.39, 0.29) is 29.7 Å². The van der Waals surface area contributed by atoms with Crippen LogP contribution in [0.5, 0.6) is 5.75 Å². The fourth-order valence-electron chi connectivity index (χ4n) is 1.30. The number of sulfonamides is 1. The van der Waals surface area contributed by atoms with E-state index < -0.39 is 10.0 Å². The first-order chi connectivity index (χ1) is 8.40. The van der Waals surface area contributed by atoms with Crippen LogP contribution in [0.25, 0.3) is 0 Å². The minimum atomic E-state index is -3.70. The number of hydrogen-bond acceptors (Lipinski definition) is 5. The van der Waals surface area contributed by atoms with Gasteiger partial charge in [-0.15, -0.1) is 0 Å². The highest BCUT2D eigenvalue weighted by molar-refractivity contribution is 7.89. The molecule has 102 valence electrons. The highest BCUT2D eigenvalue weighted by atomic mass is 32.2. The molecule has 0 aliphatic carbocycles. The van der Waals surface area contributed by atoms with Crippen LogP contribution in [-0.2, 0) is 10.0 Å². The van der Waals surface area contributed by atoms with Gasteiger partial charge in [-0.05, 0) is 24.1 Å². The second-order valence-corrected chi connectivity index (χ2v) is 5.79. The van der Waals surface area contributed by atoms with Gasteiger partial charge in [-0.3, -0.25) is 0 Å². The van der Waals surface area contributed by atoms with E-state index in [9.17, 15) is 8.42 Å². The van der Waals surface area contributed by atoms with Crippen LogP contribution in [0.15, 0.2) is 23.1 Å². The molecule has 0 amide bonds. The molecular formula is C11H18N2O4S. The quantitative estimate of drug-likeness (QED) is 0.642. The summed E-state index contributed by atoms with van der Waals surface area (Å²) in [5, 5.41) is 8.87. The Bertz CT molecular complexity index is 502. The van der Waals surface area contributed by atoms with Gasteiger partial charge >= 0.3 is 0 Å². The maximum absolute atomic E-state index is 12.1. The van der Waals surface area contributed by atoms with Crippen LogP contribution in [0.4, 0.5) is 5.69 Å². The van der Waals surface area contributed by atoms with Gasteiger partial charge in [-0.1, -0.05) is 6.92 Å². The minimum absolute atomic E-state index is 0.00450. The summed E-state index contributed by atoms with van der Waals surface area (Å²) in [5.74, 6) is 0.0696. The average molecular weight is 274 g/mol. The fraction of sp³-hybridized carbons (Fsp3) is 0.455. The summed E-state index contributed by atoms with van der Waals surface area (Å²) < 4.78 is 31.5. The topological polar surface area (TPSA) is 102 Å². The van der Waals surface area contributed by atoms with Crippen molar-refractivity contribution < 1.29 is 18.3 Å². The molecule has 0 saturated heterocycles. The third-order valence-electron chi connectivity index (χ3n) is 2.41. The van der Waals surface area contributed by atoms with Crippen LogP contribution >= 0.6 is 0 Å². The van der Waals surface area contributed by atoms with Crippen LogP contribution < -0.4 is 15.2 Å². The van der Waals surface area contributed by atoms with Gasteiger partial charge in [0.1, 0.15) is 10.6 Å². The Hall–Kier alpha value is -1.31. The zero-order valence-electron chi connectivity index (χ0n) is 10.4. The van der Waals surface area contributed by atoms with Gasteiger partial charge in [-0.25, -0.2) is 13.1 Å². The average Bonchev–Trinajstić information content (AvgIpc) is 2.36. The number of aliphatic hydroxyl groups is 1. The highest BCUT2D eigenvalue weighted by Gasteiger charge is 2.20. The molecule has 4 N–H and O–H groups in total. The number of benzene rings is 1. The number of nitrogen functional groups attached to an aromatic ring is 1. The first kappa shape index (κ1) is 14.7. The van der Waals surface area contributed by atoms with Crippen LogP contribution in [-0.4, -0.2) is 33.8 Å². The third kappa shape index (κ3) is 3.59. The van der Waals surface area contributed by atoms with Gasteiger partial charge in [0, 0.05) is 18.8 Å². The van der Waals surface area contributed by atoms with Crippen molar-refractivity contribution in [3.8, 4) is 5.75 Å². The Labute approximate surface area is 107 Å². The normalized spacial score (nSPS) is 13.3. The molecule has 1 rings (SSSR count). The number of nitrogens with one attached hydrogen (secondary N) is 1. The van der Waals surface area contributed by atoms with Crippen molar-refractivity contribution in [2.75, 3.05) is 26.0 Å². The van der Waals surface area contributed by atoms with Gasteiger partial charge in [0.15, 0.2) is 0 Å². The second kappa shape index (κ2) is 6.03. The largest absolute Gasteiger partial charge is 0.495 e. The maximum atomic E-state index is 12.1. The van der Waals surface area contributed by atoms with Gasteiger partial charge in [0.2, 0.25) is 10.0 Å². The Morgan fingerprint density at radius 3 is 2.72 bits per heavy atom. The van der Waals surface area contributed by atoms with E-state index in [2.05, 4.69) is 4.72 Å². The van der Waals surface area contributed by atoms with E-state index in [0.717, 1.165) is 0 Å². The number of anilines is 1. The van der Waals surface area contributed by atoms with E-state index in [4.69, 9.17) is 15.6 Å². The molecule has 1 aromatic rings. The molecule has 1 unspecified atom stereocenters. The smallest absolute Gasteiger partial charge is 0.244 e. The van der Waals surface area contributed by atoms with E-state index in [0.29, 0.717) is 5.69 Å². The Balaban J connectivity index is 3.00. The number of ether oxygens (including phenoxy) is 1. The Kier molecular flexibility index (Phi) is 4.94. The molecule has 18 heavy (non-hydrogen) atoms. The molecule has 0 heterocycles. The third-order valence-corrected chi connectivity index (χ3v) is 3.86. The zero-order valence-corrected chi connectivity index (χ0v) is 11.2. The summed E-state index contributed by atoms with van der Waals surface area (Å²) in [5.41, 5.74) is 5.91. The van der Waals surface area contributed by atoms with Crippen molar-refractivity contribution in [1.82, 2.24) is 4.72 Å². The molecule has 1 aromatic carbocycles. The van der Waals surface area contributed by atoms with Crippen LogP contribution in [0.3, 0.4) is 0 Å². The lowest BCUT2D eigenvalue weighted by atomic mass is 10.2. The maximum Gasteiger partial charge on any atom is 0.244 e. The summed E-state index contributed by atoms with van der Waals surface area (Å²) >= 11 is 0. The molecule has 1 atom stereocenters. The lowest BCUT2D eigenvalue weighted by molar-refractivity contribution is 0.238. The molecule has 0 spiro atoms. The zero-order chi connectivity index (χ0) is 13.8. The van der Waals surface area contributed by atoms with Crippen LogP contribution in [0.2, 0.25) is 0 Å². The van der Waals surface area contributed by atoms with Crippen molar-refractivity contribution in [3.63, 3.8) is 0 Å². The second-order valence-electron chi connectivity index (χ2n) is 4.05. The van der Waals surface area contributed by atoms with E-state index in [1.807, 2.05) is 0 Å². The lowest BCUT2D eigenvalue weighted by Crippen LogP contribution is -2.30. The van der Waals surface area contributed by atoms with Crippen molar-refractivity contribution in [1.29, 1.82) is 0 Å². The van der Waals surface area contributed by atoms with Gasteiger partial charge in [-0.2, -0.15) is 0 Å². The van der Waals surface area contributed by atoms with Crippen molar-refractivity contribution in [2.24, 2.45) is 5.92 Å². The predicted octanol–water partition coefficient (Wildman–Crippen LogP) is 0.184. The molecular weight excluding hydrogens is 256 g/mol. The SMILES string of the molecule is COc1ccc(N)cc1S(=O)(=O)NCC(C)CO. The number of hydrogen-bond donors (Lipinski definition) is 3. The molecule has 0 radical (unpaired) electrons. The predicted molar refractivity (Wildman–Crippen MR) is 68.8 cm³/mol. The molecule has 7 heteroatoms. The number of methoxy groups -OCH3 is 1. The number of aliphatic hydroxyl groups excluding tert-OH is 1. The van der Waals surface area contributed by atoms with Gasteiger partial charge < -0.3 is 15.6 Å². The molecule has 0 aromatic heterocycles. The highest BCUT2D eigenvalue weighted by Crippen LogP contribution is 2.25. The van der Waals surface area contributed by atoms with Crippen molar-refractivity contribution in [2.45, 2.75) is 11.8 Å². The molecule has 0 fully saturated rings. The monoisotopic (exact) mass is 274 g/mol. The van der Waals surface area contributed by atoms with Crippen molar-refractivity contribution in [3.05, 3.63) is 18.2 Å². The molecule has 0 aliphatic rings.